The topological polar surface area (TPSA) is 47.6 Å². The average Bonchev–Trinajstić information content (AvgIpc) is 2.54. The van der Waals surface area contributed by atoms with E-state index in [1.54, 1.807) is 12.1 Å². The van der Waals surface area contributed by atoms with Crippen LogP contribution in [0.3, 0.4) is 0 Å². The zero-order valence-electron chi connectivity index (χ0n) is 11.9. The second-order valence-electron chi connectivity index (χ2n) is 5.01. The molecule has 0 saturated carbocycles. The van der Waals surface area contributed by atoms with Crippen LogP contribution in [0.4, 0.5) is 0 Å². The molecular formula is C17H16ClNO3. The molecule has 5 heteroatoms. The van der Waals surface area contributed by atoms with Gasteiger partial charge in [-0.05, 0) is 18.2 Å². The van der Waals surface area contributed by atoms with Gasteiger partial charge in [0.15, 0.2) is 6.61 Å². The standard InChI is InChI=1S/C17H16ClNO3/c18-13-6-2-4-8-16(13)22-11-17(20)19-14-9-10-21-15-7-3-1-5-12(14)15/h1-8,14H,9-11H2,(H,19,20)/t14-/m0/s1. The summed E-state index contributed by atoms with van der Waals surface area (Å²) in [5.74, 6) is 1.15. The van der Waals surface area contributed by atoms with Gasteiger partial charge in [-0.25, -0.2) is 0 Å². The lowest BCUT2D eigenvalue weighted by atomic mass is 10.0. The number of carbonyl (C=O) groups excluding carboxylic acids is 1. The van der Waals surface area contributed by atoms with Crippen molar-refractivity contribution in [2.75, 3.05) is 13.2 Å². The molecule has 0 radical (unpaired) electrons. The number of rotatable bonds is 4. The molecule has 0 spiro atoms. The fourth-order valence-electron chi connectivity index (χ4n) is 2.43. The third-order valence-corrected chi connectivity index (χ3v) is 3.80. The van der Waals surface area contributed by atoms with Crippen LogP contribution in [0.25, 0.3) is 0 Å². The molecule has 0 bridgehead atoms. The van der Waals surface area contributed by atoms with Crippen LogP contribution in [0, 0.1) is 0 Å². The molecule has 4 nitrogen and oxygen atoms in total. The van der Waals surface area contributed by atoms with Crippen molar-refractivity contribution in [1.29, 1.82) is 0 Å². The lowest BCUT2D eigenvalue weighted by Crippen LogP contribution is -2.35. The number of hydrogen-bond donors (Lipinski definition) is 1. The van der Waals surface area contributed by atoms with Crippen molar-refractivity contribution < 1.29 is 14.3 Å². The van der Waals surface area contributed by atoms with E-state index in [0.29, 0.717) is 17.4 Å². The largest absolute Gasteiger partial charge is 0.493 e. The molecule has 2 aromatic rings. The van der Waals surface area contributed by atoms with Gasteiger partial charge in [0.05, 0.1) is 17.7 Å². The smallest absolute Gasteiger partial charge is 0.258 e. The van der Waals surface area contributed by atoms with Crippen molar-refractivity contribution in [3.8, 4) is 11.5 Å². The molecule has 0 aliphatic carbocycles. The number of ether oxygens (including phenoxy) is 2. The first-order valence-electron chi connectivity index (χ1n) is 7.12. The minimum absolute atomic E-state index is 0.0488. The van der Waals surface area contributed by atoms with Crippen molar-refractivity contribution in [3.05, 3.63) is 59.1 Å². The van der Waals surface area contributed by atoms with Gasteiger partial charge in [-0.2, -0.15) is 0 Å². The van der Waals surface area contributed by atoms with Gasteiger partial charge in [0.2, 0.25) is 0 Å². The molecule has 22 heavy (non-hydrogen) atoms. The summed E-state index contributed by atoms with van der Waals surface area (Å²) in [4.78, 5) is 12.1. The fraction of sp³-hybridized carbons (Fsp3) is 0.235. The molecule has 1 aliphatic heterocycles. The van der Waals surface area contributed by atoms with E-state index >= 15 is 0 Å². The summed E-state index contributed by atoms with van der Waals surface area (Å²) in [6.45, 7) is 0.524. The first-order valence-corrected chi connectivity index (χ1v) is 7.50. The third-order valence-electron chi connectivity index (χ3n) is 3.49. The van der Waals surface area contributed by atoms with Crippen molar-refractivity contribution >= 4 is 17.5 Å². The Kier molecular flexibility index (Phi) is 4.49. The molecule has 1 N–H and O–H groups in total. The number of nitrogens with one attached hydrogen (secondary N) is 1. The Bertz CT molecular complexity index is 674. The van der Waals surface area contributed by atoms with Gasteiger partial charge in [0.1, 0.15) is 11.5 Å². The fourth-order valence-corrected chi connectivity index (χ4v) is 2.62. The van der Waals surface area contributed by atoms with Crippen molar-refractivity contribution in [2.45, 2.75) is 12.5 Å². The minimum Gasteiger partial charge on any atom is -0.493 e. The molecule has 2 aromatic carbocycles. The Balaban J connectivity index is 1.60. The first kappa shape index (κ1) is 14.7. The normalized spacial score (nSPS) is 16.3. The molecule has 1 heterocycles. The molecule has 1 atom stereocenters. The SMILES string of the molecule is O=C(COc1ccccc1Cl)N[C@H]1CCOc2ccccc21. The average molecular weight is 318 g/mol. The van der Waals surface area contributed by atoms with E-state index in [1.807, 2.05) is 36.4 Å². The Labute approximate surface area is 134 Å². The summed E-state index contributed by atoms with van der Waals surface area (Å²) >= 11 is 5.99. The van der Waals surface area contributed by atoms with Crippen LogP contribution >= 0.6 is 11.6 Å². The maximum Gasteiger partial charge on any atom is 0.258 e. The number of amides is 1. The zero-order valence-corrected chi connectivity index (χ0v) is 12.7. The Hall–Kier alpha value is -2.20. The first-order chi connectivity index (χ1) is 10.7. The molecule has 114 valence electrons. The molecule has 0 fully saturated rings. The van der Waals surface area contributed by atoms with E-state index in [2.05, 4.69) is 5.32 Å². The van der Waals surface area contributed by atoms with Gasteiger partial charge in [0, 0.05) is 12.0 Å². The number of fused-ring (bicyclic) bond motifs is 1. The molecule has 0 unspecified atom stereocenters. The molecular weight excluding hydrogens is 302 g/mol. The quantitative estimate of drug-likeness (QED) is 0.940. The lowest BCUT2D eigenvalue weighted by molar-refractivity contribution is -0.124. The molecule has 1 amide bonds. The summed E-state index contributed by atoms with van der Waals surface area (Å²) in [7, 11) is 0. The van der Waals surface area contributed by atoms with Crippen molar-refractivity contribution in [1.82, 2.24) is 5.32 Å². The molecule has 0 saturated heterocycles. The Morgan fingerprint density at radius 3 is 2.86 bits per heavy atom. The minimum atomic E-state index is -0.179. The van der Waals surface area contributed by atoms with Gasteiger partial charge in [-0.1, -0.05) is 41.9 Å². The zero-order chi connectivity index (χ0) is 15.4. The van der Waals surface area contributed by atoms with E-state index in [0.717, 1.165) is 17.7 Å². The predicted molar refractivity (Wildman–Crippen MR) is 84.4 cm³/mol. The van der Waals surface area contributed by atoms with Crippen molar-refractivity contribution in [2.24, 2.45) is 0 Å². The molecule has 1 aliphatic rings. The highest BCUT2D eigenvalue weighted by Gasteiger charge is 2.22. The van der Waals surface area contributed by atoms with Crippen LogP contribution in [0.2, 0.25) is 5.02 Å². The number of benzene rings is 2. The second-order valence-corrected chi connectivity index (χ2v) is 5.42. The highest BCUT2D eigenvalue weighted by Crippen LogP contribution is 2.31. The number of halogens is 1. The maximum atomic E-state index is 12.1. The van der Waals surface area contributed by atoms with Gasteiger partial charge in [-0.3, -0.25) is 4.79 Å². The van der Waals surface area contributed by atoms with E-state index in [-0.39, 0.29) is 18.6 Å². The van der Waals surface area contributed by atoms with Crippen LogP contribution in [-0.4, -0.2) is 19.1 Å². The van der Waals surface area contributed by atoms with Crippen LogP contribution in [-0.2, 0) is 4.79 Å². The summed E-state index contributed by atoms with van der Waals surface area (Å²) in [5.41, 5.74) is 1.000. The predicted octanol–water partition coefficient (Wildman–Crippen LogP) is 3.36. The van der Waals surface area contributed by atoms with E-state index in [4.69, 9.17) is 21.1 Å². The number of carbonyl (C=O) groups is 1. The third kappa shape index (κ3) is 3.34. The Morgan fingerprint density at radius 2 is 2.00 bits per heavy atom. The van der Waals surface area contributed by atoms with Gasteiger partial charge in [-0.15, -0.1) is 0 Å². The van der Waals surface area contributed by atoms with Gasteiger partial charge >= 0.3 is 0 Å². The Morgan fingerprint density at radius 1 is 1.23 bits per heavy atom. The summed E-state index contributed by atoms with van der Waals surface area (Å²) in [6.07, 6.45) is 0.745. The summed E-state index contributed by atoms with van der Waals surface area (Å²) < 4.78 is 11.0. The van der Waals surface area contributed by atoms with Crippen LogP contribution in [0.1, 0.15) is 18.0 Å². The highest BCUT2D eigenvalue weighted by atomic mass is 35.5. The van der Waals surface area contributed by atoms with E-state index in [9.17, 15) is 4.79 Å². The van der Waals surface area contributed by atoms with E-state index < -0.39 is 0 Å². The highest BCUT2D eigenvalue weighted by molar-refractivity contribution is 6.32. The number of para-hydroxylation sites is 2. The van der Waals surface area contributed by atoms with Crippen LogP contribution < -0.4 is 14.8 Å². The maximum absolute atomic E-state index is 12.1. The second kappa shape index (κ2) is 6.71. The van der Waals surface area contributed by atoms with Gasteiger partial charge in [0.25, 0.3) is 5.91 Å². The van der Waals surface area contributed by atoms with Crippen molar-refractivity contribution in [3.63, 3.8) is 0 Å². The monoisotopic (exact) mass is 317 g/mol. The molecule has 3 rings (SSSR count). The van der Waals surface area contributed by atoms with Crippen LogP contribution in [0.15, 0.2) is 48.5 Å². The van der Waals surface area contributed by atoms with E-state index in [1.165, 1.54) is 0 Å². The number of hydrogen-bond acceptors (Lipinski definition) is 3. The summed E-state index contributed by atoms with van der Waals surface area (Å²) in [6, 6.07) is 14.8. The van der Waals surface area contributed by atoms with Crippen LogP contribution in [0.5, 0.6) is 11.5 Å². The van der Waals surface area contributed by atoms with Gasteiger partial charge < -0.3 is 14.8 Å². The lowest BCUT2D eigenvalue weighted by Gasteiger charge is -2.26. The summed E-state index contributed by atoms with van der Waals surface area (Å²) in [5, 5.41) is 3.47. The molecule has 0 aromatic heterocycles.